The first-order valence-electron chi connectivity index (χ1n) is 12.3. The maximum absolute atomic E-state index is 10.2. The fraction of sp³-hybridized carbons (Fsp3) is 0.741. The van der Waals surface area contributed by atoms with Gasteiger partial charge in [0.25, 0.3) is 0 Å². The van der Waals surface area contributed by atoms with Gasteiger partial charge < -0.3 is 9.84 Å². The van der Waals surface area contributed by atoms with E-state index in [0.717, 1.165) is 48.9 Å². The zero-order chi connectivity index (χ0) is 20.9. The van der Waals surface area contributed by atoms with Crippen molar-refractivity contribution in [2.75, 3.05) is 6.61 Å². The van der Waals surface area contributed by atoms with Crippen LogP contribution in [0.4, 0.5) is 0 Å². The average Bonchev–Trinajstić information content (AvgIpc) is 3.10. The summed E-state index contributed by atoms with van der Waals surface area (Å²) < 4.78 is 6.14. The molecular weight excluding hydrogens is 370 g/mol. The number of allylic oxidation sites excluding steroid dienone is 1. The summed E-state index contributed by atoms with van der Waals surface area (Å²) in [6.07, 6.45) is 15.9. The number of nitrogens with zero attached hydrogens (tertiary/aromatic N) is 1. The van der Waals surface area contributed by atoms with E-state index in [1.54, 1.807) is 5.57 Å². The van der Waals surface area contributed by atoms with E-state index in [0.29, 0.717) is 16.7 Å². The maximum atomic E-state index is 10.2. The second-order valence-corrected chi connectivity index (χ2v) is 11.4. The second-order valence-electron chi connectivity index (χ2n) is 11.4. The smallest absolute Gasteiger partial charge is 0.122 e. The van der Waals surface area contributed by atoms with Gasteiger partial charge in [0.15, 0.2) is 0 Å². The molecule has 0 aromatic carbocycles. The second kappa shape index (κ2) is 7.65. The number of pyridine rings is 1. The molecule has 0 radical (unpaired) electrons. The summed E-state index contributed by atoms with van der Waals surface area (Å²) in [5, 5.41) is 10.2. The van der Waals surface area contributed by atoms with E-state index in [-0.39, 0.29) is 6.10 Å². The average molecular weight is 410 g/mol. The summed E-state index contributed by atoms with van der Waals surface area (Å²) >= 11 is 0. The van der Waals surface area contributed by atoms with Crippen molar-refractivity contribution >= 4 is 0 Å². The van der Waals surface area contributed by atoms with Gasteiger partial charge in [0, 0.05) is 12.4 Å². The number of fused-ring (bicyclic) bond motifs is 5. The Morgan fingerprint density at radius 3 is 2.70 bits per heavy atom. The molecule has 3 saturated carbocycles. The van der Waals surface area contributed by atoms with Gasteiger partial charge in [-0.1, -0.05) is 32.4 Å². The van der Waals surface area contributed by atoms with Crippen LogP contribution in [0.2, 0.25) is 0 Å². The van der Waals surface area contributed by atoms with E-state index in [1.807, 2.05) is 24.5 Å². The Hall–Kier alpha value is -1.35. The molecular formula is C27H39NO2. The molecule has 3 fully saturated rings. The summed E-state index contributed by atoms with van der Waals surface area (Å²) in [7, 11) is 0. The first kappa shape index (κ1) is 20.5. The van der Waals surface area contributed by atoms with Crippen LogP contribution in [-0.2, 0) is 0 Å². The molecule has 2 unspecified atom stereocenters. The summed E-state index contributed by atoms with van der Waals surface area (Å²) in [6.45, 7) is 8.36. The lowest BCUT2D eigenvalue weighted by Crippen LogP contribution is -2.51. The standard InChI is InChI=1S/C27H39NO2/c1-18(17-30-21-10-14-28-15-11-21)23-6-7-24-22-5-4-19-16-20(29)8-12-26(19,2)25(22)9-13-27(23,24)3/h4,10-11,14-15,18,20,22-25,29H,5-9,12-13,16-17H2,1-3H3/t18?,20?,22-,23+,24-,25-,26-,27+/m0/s1. The van der Waals surface area contributed by atoms with Gasteiger partial charge in [0.05, 0.1) is 12.7 Å². The summed E-state index contributed by atoms with van der Waals surface area (Å²) in [5.41, 5.74) is 2.38. The van der Waals surface area contributed by atoms with Gasteiger partial charge in [0.1, 0.15) is 5.75 Å². The van der Waals surface area contributed by atoms with Crippen molar-refractivity contribution in [1.82, 2.24) is 4.98 Å². The Balaban J connectivity index is 1.31. The molecule has 0 bridgehead atoms. The molecule has 1 N–H and O–H groups in total. The van der Waals surface area contributed by atoms with E-state index < -0.39 is 0 Å². The van der Waals surface area contributed by atoms with Crippen molar-refractivity contribution < 1.29 is 9.84 Å². The van der Waals surface area contributed by atoms with E-state index in [1.165, 1.54) is 38.5 Å². The lowest BCUT2D eigenvalue weighted by Gasteiger charge is -2.58. The summed E-state index contributed by atoms with van der Waals surface area (Å²) in [5.74, 6) is 4.80. The normalized spacial score (nSPS) is 43.7. The molecule has 1 aromatic rings. The lowest BCUT2D eigenvalue weighted by molar-refractivity contribution is -0.0591. The van der Waals surface area contributed by atoms with Gasteiger partial charge in [-0.2, -0.15) is 0 Å². The van der Waals surface area contributed by atoms with Crippen LogP contribution < -0.4 is 4.74 Å². The van der Waals surface area contributed by atoms with Crippen LogP contribution in [0.1, 0.15) is 72.1 Å². The zero-order valence-corrected chi connectivity index (χ0v) is 19.0. The van der Waals surface area contributed by atoms with Crippen molar-refractivity contribution in [1.29, 1.82) is 0 Å². The molecule has 0 aliphatic heterocycles. The molecule has 1 aromatic heterocycles. The van der Waals surface area contributed by atoms with Crippen LogP contribution in [0.25, 0.3) is 0 Å². The predicted molar refractivity (Wildman–Crippen MR) is 120 cm³/mol. The fourth-order valence-electron chi connectivity index (χ4n) is 8.40. The summed E-state index contributed by atoms with van der Waals surface area (Å²) in [4.78, 5) is 4.09. The quantitative estimate of drug-likeness (QED) is 0.617. The van der Waals surface area contributed by atoms with E-state index in [9.17, 15) is 5.11 Å². The molecule has 3 heteroatoms. The molecule has 4 aliphatic rings. The van der Waals surface area contributed by atoms with Gasteiger partial charge >= 0.3 is 0 Å². The van der Waals surface area contributed by atoms with Crippen molar-refractivity contribution in [3.8, 4) is 5.75 Å². The number of aliphatic hydroxyl groups excluding tert-OH is 1. The Labute approximate surface area is 182 Å². The molecule has 5 rings (SSSR count). The Morgan fingerprint density at radius 1 is 1.10 bits per heavy atom. The third kappa shape index (κ3) is 3.23. The lowest BCUT2D eigenvalue weighted by atomic mass is 9.47. The topological polar surface area (TPSA) is 42.4 Å². The molecule has 0 spiro atoms. The van der Waals surface area contributed by atoms with Crippen molar-refractivity contribution in [3.63, 3.8) is 0 Å². The molecule has 8 atom stereocenters. The number of rotatable bonds is 4. The molecule has 1 heterocycles. The fourth-order valence-corrected chi connectivity index (χ4v) is 8.40. The minimum atomic E-state index is -0.105. The minimum Gasteiger partial charge on any atom is -0.493 e. The number of aromatic nitrogens is 1. The highest BCUT2D eigenvalue weighted by molar-refractivity contribution is 5.25. The van der Waals surface area contributed by atoms with Crippen LogP contribution in [0.5, 0.6) is 5.75 Å². The first-order chi connectivity index (χ1) is 14.4. The van der Waals surface area contributed by atoms with Crippen LogP contribution in [0.3, 0.4) is 0 Å². The van der Waals surface area contributed by atoms with Crippen LogP contribution in [0.15, 0.2) is 36.2 Å². The van der Waals surface area contributed by atoms with Crippen molar-refractivity contribution in [2.24, 2.45) is 40.4 Å². The number of aliphatic hydroxyl groups is 1. The Morgan fingerprint density at radius 2 is 1.90 bits per heavy atom. The number of hydrogen-bond acceptors (Lipinski definition) is 3. The molecule has 0 amide bonds. The molecule has 0 saturated heterocycles. The third-order valence-electron chi connectivity index (χ3n) is 10.0. The largest absolute Gasteiger partial charge is 0.493 e. The maximum Gasteiger partial charge on any atom is 0.122 e. The number of ether oxygens (including phenoxy) is 1. The van der Waals surface area contributed by atoms with Crippen molar-refractivity contribution in [3.05, 3.63) is 36.2 Å². The monoisotopic (exact) mass is 409 g/mol. The molecule has 164 valence electrons. The van der Waals surface area contributed by atoms with Crippen LogP contribution >= 0.6 is 0 Å². The highest BCUT2D eigenvalue weighted by Gasteiger charge is 2.59. The van der Waals surface area contributed by atoms with Crippen LogP contribution in [0, 0.1) is 40.4 Å². The van der Waals surface area contributed by atoms with Gasteiger partial charge in [0.2, 0.25) is 0 Å². The van der Waals surface area contributed by atoms with Gasteiger partial charge in [-0.3, -0.25) is 4.98 Å². The van der Waals surface area contributed by atoms with E-state index in [2.05, 4.69) is 31.8 Å². The molecule has 3 nitrogen and oxygen atoms in total. The SMILES string of the molecule is CC(COc1ccncc1)[C@H]1CC[C@H]2[C@@H]3CC=C4CC(O)CC[C@]4(C)[C@H]3CC[C@]12C. The zero-order valence-electron chi connectivity index (χ0n) is 19.0. The van der Waals surface area contributed by atoms with Gasteiger partial charge in [-0.15, -0.1) is 0 Å². The Bertz CT molecular complexity index is 791. The summed E-state index contributed by atoms with van der Waals surface area (Å²) in [6, 6.07) is 3.93. The van der Waals surface area contributed by atoms with Crippen LogP contribution in [-0.4, -0.2) is 22.8 Å². The van der Waals surface area contributed by atoms with E-state index >= 15 is 0 Å². The highest BCUT2D eigenvalue weighted by atomic mass is 16.5. The molecule has 4 aliphatic carbocycles. The van der Waals surface area contributed by atoms with E-state index in [4.69, 9.17) is 4.74 Å². The molecule has 30 heavy (non-hydrogen) atoms. The first-order valence-corrected chi connectivity index (χ1v) is 12.3. The van der Waals surface area contributed by atoms with Gasteiger partial charge in [-0.05, 0) is 104 Å². The van der Waals surface area contributed by atoms with Crippen molar-refractivity contribution in [2.45, 2.75) is 78.2 Å². The van der Waals surface area contributed by atoms with Gasteiger partial charge in [-0.25, -0.2) is 0 Å². The highest BCUT2D eigenvalue weighted by Crippen LogP contribution is 2.67. The minimum absolute atomic E-state index is 0.105. The predicted octanol–water partition coefficient (Wildman–Crippen LogP) is 6.04. The number of hydrogen-bond donors (Lipinski definition) is 1. The third-order valence-corrected chi connectivity index (χ3v) is 10.0. The Kier molecular flexibility index (Phi) is 5.24.